The van der Waals surface area contributed by atoms with Gasteiger partial charge < -0.3 is 16.0 Å². The Labute approximate surface area is 213 Å². The molecule has 194 valence electrons. The fourth-order valence-corrected chi connectivity index (χ4v) is 4.16. The van der Waals surface area contributed by atoms with E-state index in [1.54, 1.807) is 42.5 Å². The molecule has 2 aromatic heterocycles. The molecule has 5 rings (SSSR count). The molecular weight excluding hydrogens is 504 g/mol. The molecule has 3 amide bonds. The number of alkyl halides is 3. The van der Waals surface area contributed by atoms with Crippen molar-refractivity contribution in [2.45, 2.75) is 12.2 Å². The Morgan fingerprint density at radius 1 is 1.11 bits per heavy atom. The number of aryl methyl sites for hydroxylation is 1. The Balaban J connectivity index is 1.54. The van der Waals surface area contributed by atoms with Crippen LogP contribution < -0.4 is 16.0 Å². The van der Waals surface area contributed by atoms with E-state index in [4.69, 9.17) is 0 Å². The van der Waals surface area contributed by atoms with Crippen LogP contribution in [0.3, 0.4) is 0 Å². The van der Waals surface area contributed by atoms with Crippen LogP contribution in [0.25, 0.3) is 22.5 Å². The number of nitrogens with zero attached hydrogens (tertiary/aromatic N) is 3. The third-order valence-corrected chi connectivity index (χ3v) is 5.99. The fraction of sp³-hybridized carbons (Fsp3) is 0.154. The van der Waals surface area contributed by atoms with E-state index >= 15 is 0 Å². The van der Waals surface area contributed by atoms with Crippen molar-refractivity contribution in [3.63, 3.8) is 0 Å². The predicted octanol–water partition coefficient (Wildman–Crippen LogP) is 4.91. The van der Waals surface area contributed by atoms with Crippen molar-refractivity contribution < 1.29 is 27.2 Å². The van der Waals surface area contributed by atoms with E-state index in [0.717, 1.165) is 6.07 Å². The van der Waals surface area contributed by atoms with Gasteiger partial charge in [-0.2, -0.15) is 18.3 Å². The third kappa shape index (κ3) is 4.92. The van der Waals surface area contributed by atoms with Gasteiger partial charge in [0.05, 0.1) is 39.9 Å². The van der Waals surface area contributed by atoms with Crippen molar-refractivity contribution >= 4 is 17.6 Å². The summed E-state index contributed by atoms with van der Waals surface area (Å²) in [6, 6.07) is 13.7. The lowest BCUT2D eigenvalue weighted by molar-refractivity contribution is -0.137. The van der Waals surface area contributed by atoms with Crippen LogP contribution in [0.2, 0.25) is 0 Å². The van der Waals surface area contributed by atoms with Crippen LogP contribution in [0.4, 0.5) is 28.0 Å². The zero-order valence-corrected chi connectivity index (χ0v) is 19.8. The number of pyridine rings is 1. The topological polar surface area (TPSA) is 101 Å². The zero-order valence-electron chi connectivity index (χ0n) is 19.8. The van der Waals surface area contributed by atoms with E-state index < -0.39 is 40.6 Å². The number of anilines is 1. The van der Waals surface area contributed by atoms with Crippen LogP contribution >= 0.6 is 0 Å². The molecule has 38 heavy (non-hydrogen) atoms. The Bertz CT molecular complexity index is 1530. The minimum absolute atomic E-state index is 0.0583. The second-order valence-corrected chi connectivity index (χ2v) is 8.61. The molecule has 0 radical (unpaired) electrons. The highest BCUT2D eigenvalue weighted by atomic mass is 19.4. The quantitative estimate of drug-likeness (QED) is 0.323. The van der Waals surface area contributed by atoms with Crippen molar-refractivity contribution in [3.05, 3.63) is 89.5 Å². The second kappa shape index (κ2) is 9.61. The van der Waals surface area contributed by atoms with E-state index in [9.17, 15) is 27.2 Å². The largest absolute Gasteiger partial charge is 0.417 e. The summed E-state index contributed by atoms with van der Waals surface area (Å²) in [5, 5.41) is 12.0. The first-order valence-corrected chi connectivity index (χ1v) is 11.4. The molecule has 12 heteroatoms. The number of urea groups is 1. The van der Waals surface area contributed by atoms with Crippen molar-refractivity contribution in [1.82, 2.24) is 25.4 Å². The molecule has 1 aliphatic rings. The molecule has 0 aliphatic carbocycles. The van der Waals surface area contributed by atoms with Gasteiger partial charge in [0.1, 0.15) is 5.82 Å². The number of carbonyl (C=O) groups is 2. The average molecular weight is 524 g/mol. The minimum atomic E-state index is -4.87. The molecule has 1 aliphatic heterocycles. The van der Waals surface area contributed by atoms with Gasteiger partial charge in [-0.05, 0) is 30.3 Å². The number of aromatic nitrogens is 3. The van der Waals surface area contributed by atoms with Crippen molar-refractivity contribution in [3.8, 4) is 22.5 Å². The Morgan fingerprint density at radius 3 is 2.50 bits per heavy atom. The minimum Gasteiger partial charge on any atom is -0.336 e. The number of nitrogens with one attached hydrogen (secondary N) is 3. The maximum absolute atomic E-state index is 14.9. The lowest BCUT2D eigenvalue weighted by atomic mass is 9.99. The number of amides is 3. The van der Waals surface area contributed by atoms with Gasteiger partial charge in [-0.3, -0.25) is 9.48 Å². The van der Waals surface area contributed by atoms with Crippen LogP contribution in [0.1, 0.15) is 27.7 Å². The molecule has 0 saturated carbocycles. The van der Waals surface area contributed by atoms with E-state index in [0.29, 0.717) is 29.6 Å². The standard InChI is InChI=1S/C26H20F4N6O2/c1-36-10-9-19(35-36)15-11-16(18(27)12-17(15)26(28,29)30)24(37)33-21-8-7-20(22-13-31-25(38)34-22)32-23(21)14-5-3-2-4-6-14/h2-12,22H,13H2,1H3,(H,33,37)(H2,31,34,38). The first-order chi connectivity index (χ1) is 18.1. The van der Waals surface area contributed by atoms with Crippen LogP contribution in [-0.2, 0) is 13.2 Å². The molecule has 3 N–H and O–H groups in total. The van der Waals surface area contributed by atoms with Gasteiger partial charge >= 0.3 is 12.2 Å². The third-order valence-electron chi connectivity index (χ3n) is 5.99. The van der Waals surface area contributed by atoms with E-state index in [1.165, 1.54) is 24.0 Å². The van der Waals surface area contributed by atoms with E-state index in [2.05, 4.69) is 26.0 Å². The molecule has 1 atom stereocenters. The van der Waals surface area contributed by atoms with Gasteiger partial charge in [0.15, 0.2) is 0 Å². The Hall–Kier alpha value is -4.74. The smallest absolute Gasteiger partial charge is 0.336 e. The summed E-state index contributed by atoms with van der Waals surface area (Å²) in [5.74, 6) is -2.30. The van der Waals surface area contributed by atoms with Crippen LogP contribution in [-0.4, -0.2) is 33.2 Å². The molecule has 8 nitrogen and oxygen atoms in total. The monoisotopic (exact) mass is 524 g/mol. The number of hydrogen-bond donors (Lipinski definition) is 3. The SMILES string of the molecule is Cn1ccc(-c2cc(C(=O)Nc3ccc(C4CNC(=O)N4)nc3-c3ccccc3)c(F)cc2C(F)(F)F)n1. The second-order valence-electron chi connectivity index (χ2n) is 8.61. The van der Waals surface area contributed by atoms with Gasteiger partial charge in [-0.25, -0.2) is 14.2 Å². The maximum Gasteiger partial charge on any atom is 0.417 e. The summed E-state index contributed by atoms with van der Waals surface area (Å²) in [4.78, 5) is 29.4. The number of rotatable bonds is 5. The van der Waals surface area contributed by atoms with E-state index in [-0.39, 0.29) is 17.4 Å². The van der Waals surface area contributed by atoms with E-state index in [1.807, 2.05) is 0 Å². The summed E-state index contributed by atoms with van der Waals surface area (Å²) in [6.45, 7) is 0.318. The molecule has 0 bridgehead atoms. The summed E-state index contributed by atoms with van der Waals surface area (Å²) in [7, 11) is 1.53. The van der Waals surface area contributed by atoms with Gasteiger partial charge in [0, 0.05) is 30.9 Å². The highest BCUT2D eigenvalue weighted by Gasteiger charge is 2.36. The van der Waals surface area contributed by atoms with Gasteiger partial charge in [-0.1, -0.05) is 30.3 Å². The van der Waals surface area contributed by atoms with Crippen LogP contribution in [0, 0.1) is 5.82 Å². The summed E-state index contributed by atoms with van der Waals surface area (Å²) >= 11 is 0. The number of hydrogen-bond acceptors (Lipinski definition) is 4. The molecule has 3 heterocycles. The first kappa shape index (κ1) is 24.9. The summed E-state index contributed by atoms with van der Waals surface area (Å²) < 4.78 is 57.3. The molecular formula is C26H20F4N6O2. The Morgan fingerprint density at radius 2 is 1.87 bits per heavy atom. The van der Waals surface area contributed by atoms with Crippen molar-refractivity contribution in [2.24, 2.45) is 7.05 Å². The highest BCUT2D eigenvalue weighted by molar-refractivity contribution is 6.07. The fourth-order valence-electron chi connectivity index (χ4n) is 4.16. The van der Waals surface area contributed by atoms with Gasteiger partial charge in [0.25, 0.3) is 5.91 Å². The lowest BCUT2D eigenvalue weighted by Crippen LogP contribution is -2.22. The van der Waals surface area contributed by atoms with Crippen molar-refractivity contribution in [1.29, 1.82) is 0 Å². The lowest BCUT2D eigenvalue weighted by Gasteiger charge is -2.17. The number of benzene rings is 2. The number of halogens is 4. The molecule has 0 spiro atoms. The molecule has 1 fully saturated rings. The molecule has 2 aromatic carbocycles. The molecule has 4 aromatic rings. The van der Waals surface area contributed by atoms with Crippen molar-refractivity contribution in [2.75, 3.05) is 11.9 Å². The average Bonchev–Trinajstić information content (AvgIpc) is 3.52. The predicted molar refractivity (Wildman–Crippen MR) is 131 cm³/mol. The first-order valence-electron chi connectivity index (χ1n) is 11.4. The maximum atomic E-state index is 14.9. The Kier molecular flexibility index (Phi) is 6.31. The molecule has 1 unspecified atom stereocenters. The van der Waals surface area contributed by atoms with Gasteiger partial charge in [0.2, 0.25) is 0 Å². The highest BCUT2D eigenvalue weighted by Crippen LogP contribution is 2.38. The van der Waals surface area contributed by atoms with Crippen LogP contribution in [0.5, 0.6) is 0 Å². The van der Waals surface area contributed by atoms with Crippen LogP contribution in [0.15, 0.2) is 66.9 Å². The molecule has 1 saturated heterocycles. The van der Waals surface area contributed by atoms with Gasteiger partial charge in [-0.15, -0.1) is 0 Å². The number of carbonyl (C=O) groups excluding carboxylic acids is 2. The normalized spacial score (nSPS) is 15.2. The summed E-state index contributed by atoms with van der Waals surface area (Å²) in [5.41, 5.74) is -0.608. The zero-order chi connectivity index (χ0) is 27.0. The summed E-state index contributed by atoms with van der Waals surface area (Å²) in [6.07, 6.45) is -3.42.